The van der Waals surface area contributed by atoms with Gasteiger partial charge in [-0.25, -0.2) is 4.98 Å². The van der Waals surface area contributed by atoms with Crippen molar-refractivity contribution in [1.82, 2.24) is 4.98 Å². The lowest BCUT2D eigenvalue weighted by atomic mass is 10.3. The molecular weight excluding hydrogens is 232 g/mol. The van der Waals surface area contributed by atoms with E-state index >= 15 is 0 Å². The molecule has 0 radical (unpaired) electrons. The molecule has 0 aliphatic heterocycles. The van der Waals surface area contributed by atoms with Crippen LogP contribution in [0.3, 0.4) is 0 Å². The van der Waals surface area contributed by atoms with Crippen molar-refractivity contribution in [2.24, 2.45) is 11.8 Å². The van der Waals surface area contributed by atoms with Crippen molar-refractivity contribution in [2.45, 2.75) is 13.3 Å². The average Bonchev–Trinajstić information content (AvgIpc) is 3.03. The molecule has 98 valence electrons. The van der Waals surface area contributed by atoms with Crippen LogP contribution in [0.15, 0.2) is 12.1 Å². The van der Waals surface area contributed by atoms with Gasteiger partial charge < -0.3 is 10.2 Å². The van der Waals surface area contributed by atoms with Gasteiger partial charge in [-0.2, -0.15) is 0 Å². The van der Waals surface area contributed by atoms with Gasteiger partial charge in [0.15, 0.2) is 0 Å². The Hall–Kier alpha value is -1.85. The zero-order valence-corrected chi connectivity index (χ0v) is 10.9. The van der Waals surface area contributed by atoms with Crippen LogP contribution >= 0.6 is 0 Å². The molecule has 1 aliphatic carbocycles. The number of pyridine rings is 1. The molecule has 2 rings (SSSR count). The van der Waals surface area contributed by atoms with Crippen molar-refractivity contribution in [3.05, 3.63) is 22.2 Å². The van der Waals surface area contributed by atoms with Gasteiger partial charge in [-0.15, -0.1) is 0 Å². The second kappa shape index (κ2) is 4.80. The van der Waals surface area contributed by atoms with E-state index in [0.717, 1.165) is 12.5 Å². The van der Waals surface area contributed by atoms with Gasteiger partial charge in [0, 0.05) is 26.7 Å². The van der Waals surface area contributed by atoms with Gasteiger partial charge in [-0.3, -0.25) is 10.1 Å². The summed E-state index contributed by atoms with van der Waals surface area (Å²) in [4.78, 5) is 16.8. The Bertz CT molecular complexity index is 463. The number of nitrogens with zero attached hydrogens (tertiary/aromatic N) is 3. The third kappa shape index (κ3) is 2.52. The minimum absolute atomic E-state index is 0.0600. The van der Waals surface area contributed by atoms with Crippen LogP contribution in [0.25, 0.3) is 0 Å². The lowest BCUT2D eigenvalue weighted by Gasteiger charge is -2.18. The van der Waals surface area contributed by atoms with E-state index in [4.69, 9.17) is 0 Å². The highest BCUT2D eigenvalue weighted by Gasteiger charge is 2.34. The largest absolute Gasteiger partial charge is 0.373 e. The maximum atomic E-state index is 11.0. The Morgan fingerprint density at radius 3 is 2.78 bits per heavy atom. The fourth-order valence-electron chi connectivity index (χ4n) is 2.10. The van der Waals surface area contributed by atoms with Crippen molar-refractivity contribution in [3.8, 4) is 0 Å². The molecule has 0 bridgehead atoms. The van der Waals surface area contributed by atoms with Crippen molar-refractivity contribution < 1.29 is 4.92 Å². The maximum Gasteiger partial charge on any atom is 0.311 e. The summed E-state index contributed by atoms with van der Waals surface area (Å²) in [6, 6.07) is 3.12. The molecule has 1 heterocycles. The molecule has 6 nitrogen and oxygen atoms in total. The van der Waals surface area contributed by atoms with E-state index in [9.17, 15) is 10.1 Å². The summed E-state index contributed by atoms with van der Waals surface area (Å²) < 4.78 is 0. The minimum atomic E-state index is -0.380. The molecule has 1 aromatic rings. The van der Waals surface area contributed by atoms with Gasteiger partial charge in [0.05, 0.1) is 4.92 Å². The third-order valence-corrected chi connectivity index (χ3v) is 3.45. The Morgan fingerprint density at radius 2 is 2.28 bits per heavy atom. The Balaban J connectivity index is 2.24. The quantitative estimate of drug-likeness (QED) is 0.640. The minimum Gasteiger partial charge on any atom is -0.373 e. The van der Waals surface area contributed by atoms with Crippen LogP contribution in [-0.4, -0.2) is 30.5 Å². The van der Waals surface area contributed by atoms with Gasteiger partial charge in [0.2, 0.25) is 5.82 Å². The van der Waals surface area contributed by atoms with Crippen molar-refractivity contribution in [1.29, 1.82) is 0 Å². The summed E-state index contributed by atoms with van der Waals surface area (Å²) >= 11 is 0. The van der Waals surface area contributed by atoms with Crippen molar-refractivity contribution in [2.75, 3.05) is 30.9 Å². The van der Waals surface area contributed by atoms with Crippen LogP contribution in [0, 0.1) is 22.0 Å². The zero-order valence-electron chi connectivity index (χ0n) is 10.9. The monoisotopic (exact) mass is 250 g/mol. The number of aromatic nitrogens is 1. The predicted octanol–water partition coefficient (Wildman–Crippen LogP) is 2.12. The summed E-state index contributed by atoms with van der Waals surface area (Å²) in [7, 11) is 3.61. The summed E-state index contributed by atoms with van der Waals surface area (Å²) in [6.07, 6.45) is 1.20. The highest BCUT2D eigenvalue weighted by molar-refractivity contribution is 5.61. The fourth-order valence-corrected chi connectivity index (χ4v) is 2.10. The standard InChI is InChI=1S/C12H18N4O2/c1-8-6-9(8)7-15(3)12-10(16(17)18)4-5-11(13-2)14-12/h4-5,8-9H,6-7H2,1-3H3,(H,13,14). The predicted molar refractivity (Wildman–Crippen MR) is 71.0 cm³/mol. The normalized spacial score (nSPS) is 21.5. The number of nitro groups is 1. The molecule has 6 heteroatoms. The molecule has 2 atom stereocenters. The van der Waals surface area contributed by atoms with Gasteiger partial charge in [0.1, 0.15) is 5.82 Å². The first kappa shape index (κ1) is 12.6. The number of hydrogen-bond donors (Lipinski definition) is 1. The highest BCUT2D eigenvalue weighted by atomic mass is 16.6. The molecule has 1 aliphatic rings. The van der Waals surface area contributed by atoms with E-state index in [2.05, 4.69) is 17.2 Å². The Kier molecular flexibility index (Phi) is 3.36. The van der Waals surface area contributed by atoms with E-state index in [1.54, 1.807) is 13.1 Å². The average molecular weight is 250 g/mol. The Labute approximate surface area is 106 Å². The highest BCUT2D eigenvalue weighted by Crippen LogP contribution is 2.39. The van der Waals surface area contributed by atoms with E-state index < -0.39 is 0 Å². The maximum absolute atomic E-state index is 11.0. The van der Waals surface area contributed by atoms with Crippen molar-refractivity contribution >= 4 is 17.3 Å². The fraction of sp³-hybridized carbons (Fsp3) is 0.583. The summed E-state index contributed by atoms with van der Waals surface area (Å²) in [5, 5.41) is 13.9. The lowest BCUT2D eigenvalue weighted by Crippen LogP contribution is -2.23. The second-order valence-electron chi connectivity index (χ2n) is 4.90. The topological polar surface area (TPSA) is 71.3 Å². The van der Waals surface area contributed by atoms with E-state index in [1.165, 1.54) is 12.5 Å². The van der Waals surface area contributed by atoms with Crippen LogP contribution in [0.4, 0.5) is 17.3 Å². The van der Waals surface area contributed by atoms with Crippen molar-refractivity contribution in [3.63, 3.8) is 0 Å². The van der Waals surface area contributed by atoms with E-state index in [1.807, 2.05) is 11.9 Å². The lowest BCUT2D eigenvalue weighted by molar-refractivity contribution is -0.384. The first-order valence-electron chi connectivity index (χ1n) is 6.07. The van der Waals surface area contributed by atoms with Crippen LogP contribution in [0.2, 0.25) is 0 Å². The Morgan fingerprint density at radius 1 is 1.61 bits per heavy atom. The van der Waals surface area contributed by atoms with Crippen LogP contribution in [0.5, 0.6) is 0 Å². The number of rotatable bonds is 5. The number of anilines is 2. The summed E-state index contributed by atoms with van der Waals surface area (Å²) in [5.74, 6) is 2.44. The van der Waals surface area contributed by atoms with Gasteiger partial charge in [0.25, 0.3) is 0 Å². The van der Waals surface area contributed by atoms with Gasteiger partial charge in [-0.05, 0) is 24.3 Å². The first-order chi connectivity index (χ1) is 8.52. The summed E-state index contributed by atoms with van der Waals surface area (Å²) in [6.45, 7) is 3.02. The van der Waals surface area contributed by atoms with Crippen LogP contribution < -0.4 is 10.2 Å². The molecule has 2 unspecified atom stereocenters. The third-order valence-electron chi connectivity index (χ3n) is 3.45. The van der Waals surface area contributed by atoms with Gasteiger partial charge >= 0.3 is 5.69 Å². The van der Waals surface area contributed by atoms with Gasteiger partial charge in [-0.1, -0.05) is 6.92 Å². The smallest absolute Gasteiger partial charge is 0.311 e. The SMILES string of the molecule is CNc1ccc([N+](=O)[O-])c(N(C)CC2CC2C)n1. The molecule has 1 fully saturated rings. The molecule has 1 saturated carbocycles. The molecule has 1 N–H and O–H groups in total. The molecule has 0 amide bonds. The number of hydrogen-bond acceptors (Lipinski definition) is 5. The number of nitrogens with one attached hydrogen (secondary N) is 1. The molecule has 0 saturated heterocycles. The molecule has 1 aromatic heterocycles. The first-order valence-corrected chi connectivity index (χ1v) is 6.07. The summed E-state index contributed by atoms with van der Waals surface area (Å²) in [5.41, 5.74) is 0.0600. The second-order valence-corrected chi connectivity index (χ2v) is 4.90. The molecule has 0 aromatic carbocycles. The van der Waals surface area contributed by atoms with Crippen LogP contribution in [-0.2, 0) is 0 Å². The van der Waals surface area contributed by atoms with Crippen LogP contribution in [0.1, 0.15) is 13.3 Å². The van der Waals surface area contributed by atoms with E-state index in [0.29, 0.717) is 17.6 Å². The zero-order chi connectivity index (χ0) is 13.3. The molecule has 18 heavy (non-hydrogen) atoms. The van der Waals surface area contributed by atoms with E-state index in [-0.39, 0.29) is 10.6 Å². The molecular formula is C12H18N4O2. The molecule has 0 spiro atoms.